The van der Waals surface area contributed by atoms with Gasteiger partial charge < -0.3 is 0 Å². The van der Waals surface area contributed by atoms with Crippen molar-refractivity contribution in [3.8, 4) is 0 Å². The molecular weight excluding hydrogens is 192 g/mol. The van der Waals surface area contributed by atoms with Crippen molar-refractivity contribution in [1.29, 1.82) is 0 Å². The molecule has 0 saturated heterocycles. The van der Waals surface area contributed by atoms with Crippen LogP contribution in [0.3, 0.4) is 0 Å². The molecule has 1 aliphatic heterocycles. The molecule has 15 heavy (non-hydrogen) atoms. The summed E-state index contributed by atoms with van der Waals surface area (Å²) in [5.41, 5.74) is 3.99. The summed E-state index contributed by atoms with van der Waals surface area (Å²) >= 11 is 0. The molecule has 1 amide bonds. The number of hydrazone groups is 1. The first-order chi connectivity index (χ1) is 7.12. The largest absolute Gasteiger partial charge is 0.300 e. The quantitative estimate of drug-likeness (QED) is 0.593. The van der Waals surface area contributed by atoms with E-state index in [9.17, 15) is 9.59 Å². The van der Waals surface area contributed by atoms with Crippen LogP contribution in [0.25, 0.3) is 0 Å². The van der Waals surface area contributed by atoms with Crippen LogP contribution in [0.15, 0.2) is 16.8 Å². The zero-order valence-corrected chi connectivity index (χ0v) is 8.54. The van der Waals surface area contributed by atoms with Crippen molar-refractivity contribution < 1.29 is 9.59 Å². The Hall–Kier alpha value is -1.45. The van der Waals surface area contributed by atoms with Gasteiger partial charge in [0.2, 0.25) is 0 Å². The zero-order chi connectivity index (χ0) is 10.6. The Morgan fingerprint density at radius 1 is 1.47 bits per heavy atom. The van der Waals surface area contributed by atoms with E-state index in [-0.39, 0.29) is 17.6 Å². The van der Waals surface area contributed by atoms with E-state index < -0.39 is 5.41 Å². The van der Waals surface area contributed by atoms with Crippen molar-refractivity contribution in [2.75, 3.05) is 0 Å². The maximum Gasteiger partial charge on any atom is 0.252 e. The second-order valence-corrected chi connectivity index (χ2v) is 4.74. The molecule has 1 fully saturated rings. The van der Waals surface area contributed by atoms with Gasteiger partial charge in [-0.25, -0.2) is 5.43 Å². The summed E-state index contributed by atoms with van der Waals surface area (Å²) in [6, 6.07) is 0. The standard InChI is InChI=1S/C11H12N2O2/c1-6-2-7-3-8(14)5-11(4-6)9(7)12-13-10(11)15/h2,7H,3-5H2,1H3,(H,13,15). The fraction of sp³-hybridized carbons (Fsp3) is 0.545. The van der Waals surface area contributed by atoms with Crippen molar-refractivity contribution >= 4 is 17.4 Å². The fourth-order valence-electron chi connectivity index (χ4n) is 3.05. The first kappa shape index (κ1) is 8.83. The third-order valence-corrected chi connectivity index (χ3v) is 3.57. The number of rotatable bonds is 0. The molecule has 3 rings (SSSR count). The van der Waals surface area contributed by atoms with Gasteiger partial charge in [-0.3, -0.25) is 9.59 Å². The lowest BCUT2D eigenvalue weighted by molar-refractivity contribution is -0.132. The van der Waals surface area contributed by atoms with Crippen LogP contribution in [-0.4, -0.2) is 17.4 Å². The van der Waals surface area contributed by atoms with Crippen LogP contribution >= 0.6 is 0 Å². The monoisotopic (exact) mass is 204 g/mol. The normalized spacial score (nSPS) is 38.1. The third-order valence-electron chi connectivity index (χ3n) is 3.57. The van der Waals surface area contributed by atoms with Gasteiger partial charge in [0.1, 0.15) is 11.2 Å². The van der Waals surface area contributed by atoms with Crippen LogP contribution in [0.5, 0.6) is 0 Å². The Balaban J connectivity index is 2.17. The molecule has 1 saturated carbocycles. The minimum absolute atomic E-state index is 0.0546. The summed E-state index contributed by atoms with van der Waals surface area (Å²) in [6.45, 7) is 2.02. The van der Waals surface area contributed by atoms with Crippen LogP contribution in [0.2, 0.25) is 0 Å². The molecule has 1 N–H and O–H groups in total. The van der Waals surface area contributed by atoms with E-state index >= 15 is 0 Å². The zero-order valence-electron chi connectivity index (χ0n) is 8.54. The molecule has 78 valence electrons. The molecule has 0 radical (unpaired) electrons. The summed E-state index contributed by atoms with van der Waals surface area (Å²) in [5, 5.41) is 4.10. The third kappa shape index (κ3) is 0.991. The lowest BCUT2D eigenvalue weighted by Gasteiger charge is -2.38. The highest BCUT2D eigenvalue weighted by molar-refractivity contribution is 6.19. The smallest absolute Gasteiger partial charge is 0.252 e. The number of nitrogens with one attached hydrogen (secondary N) is 1. The summed E-state index contributed by atoms with van der Waals surface area (Å²) < 4.78 is 0. The number of nitrogens with zero attached hydrogens (tertiary/aromatic N) is 1. The number of amides is 1. The first-order valence-electron chi connectivity index (χ1n) is 5.19. The number of hydrogen-bond acceptors (Lipinski definition) is 3. The topological polar surface area (TPSA) is 58.5 Å². The first-order valence-corrected chi connectivity index (χ1v) is 5.19. The SMILES string of the molecule is CC1=CC2CC(=O)CC3(C1)C(=O)NN=C23. The minimum Gasteiger partial charge on any atom is -0.300 e. The van der Waals surface area contributed by atoms with Gasteiger partial charge in [-0.1, -0.05) is 11.6 Å². The second kappa shape index (κ2) is 2.56. The molecular formula is C11H12N2O2. The number of ketones is 1. The molecule has 2 atom stereocenters. The number of Topliss-reactive ketones (excluding diaryl/α,β-unsaturated/α-hetero) is 1. The number of carbonyl (C=O) groups is 2. The van der Waals surface area contributed by atoms with Crippen molar-refractivity contribution in [3.63, 3.8) is 0 Å². The Bertz CT molecular complexity index is 436. The number of carbonyl (C=O) groups excluding carboxylic acids is 2. The molecule has 2 aliphatic carbocycles. The van der Waals surface area contributed by atoms with E-state index in [1.165, 1.54) is 5.57 Å². The van der Waals surface area contributed by atoms with E-state index in [0.717, 1.165) is 5.71 Å². The van der Waals surface area contributed by atoms with Crippen LogP contribution in [0.1, 0.15) is 26.2 Å². The van der Waals surface area contributed by atoms with Crippen molar-refractivity contribution in [3.05, 3.63) is 11.6 Å². The molecule has 3 aliphatic rings. The van der Waals surface area contributed by atoms with E-state index in [1.807, 2.05) is 6.92 Å². The lowest BCUT2D eigenvalue weighted by atomic mass is 9.61. The highest BCUT2D eigenvalue weighted by Gasteiger charge is 2.55. The highest BCUT2D eigenvalue weighted by Crippen LogP contribution is 2.46. The van der Waals surface area contributed by atoms with Gasteiger partial charge in [0.05, 0.1) is 5.71 Å². The van der Waals surface area contributed by atoms with Gasteiger partial charge >= 0.3 is 0 Å². The average molecular weight is 204 g/mol. The van der Waals surface area contributed by atoms with Crippen LogP contribution in [-0.2, 0) is 9.59 Å². The van der Waals surface area contributed by atoms with Gasteiger partial charge in [0, 0.05) is 18.8 Å². The Morgan fingerprint density at radius 2 is 2.27 bits per heavy atom. The number of hydrogen-bond donors (Lipinski definition) is 1. The van der Waals surface area contributed by atoms with Gasteiger partial charge in [0.25, 0.3) is 5.91 Å². The van der Waals surface area contributed by atoms with Gasteiger partial charge in [-0.05, 0) is 13.3 Å². The van der Waals surface area contributed by atoms with Crippen LogP contribution in [0.4, 0.5) is 0 Å². The molecule has 1 heterocycles. The Morgan fingerprint density at radius 3 is 3.07 bits per heavy atom. The van der Waals surface area contributed by atoms with E-state index in [0.29, 0.717) is 19.3 Å². The van der Waals surface area contributed by atoms with Gasteiger partial charge in [-0.15, -0.1) is 0 Å². The molecule has 0 aromatic heterocycles. The van der Waals surface area contributed by atoms with Gasteiger partial charge in [-0.2, -0.15) is 5.10 Å². The summed E-state index contributed by atoms with van der Waals surface area (Å²) in [5.74, 6) is 0.140. The predicted molar refractivity (Wildman–Crippen MR) is 54.1 cm³/mol. The fourth-order valence-corrected chi connectivity index (χ4v) is 3.05. The number of allylic oxidation sites excluding steroid dienone is 2. The van der Waals surface area contributed by atoms with E-state index in [1.54, 1.807) is 0 Å². The van der Waals surface area contributed by atoms with Gasteiger partial charge in [0.15, 0.2) is 0 Å². The molecule has 0 aromatic carbocycles. The lowest BCUT2D eigenvalue weighted by Crippen LogP contribution is -2.48. The highest BCUT2D eigenvalue weighted by atomic mass is 16.2. The average Bonchev–Trinajstić information content (AvgIpc) is 2.43. The maximum absolute atomic E-state index is 11.8. The molecule has 4 heteroatoms. The molecule has 2 unspecified atom stereocenters. The maximum atomic E-state index is 11.8. The summed E-state index contributed by atoms with van der Waals surface area (Å²) in [7, 11) is 0. The Kier molecular flexibility index (Phi) is 1.51. The predicted octanol–water partition coefficient (Wildman–Crippen LogP) is 0.788. The van der Waals surface area contributed by atoms with E-state index in [2.05, 4.69) is 16.6 Å². The molecule has 0 spiro atoms. The summed E-state index contributed by atoms with van der Waals surface area (Å²) in [4.78, 5) is 23.4. The van der Waals surface area contributed by atoms with Crippen molar-refractivity contribution in [1.82, 2.24) is 5.43 Å². The van der Waals surface area contributed by atoms with Crippen molar-refractivity contribution in [2.45, 2.75) is 26.2 Å². The van der Waals surface area contributed by atoms with Crippen molar-refractivity contribution in [2.24, 2.45) is 16.4 Å². The molecule has 4 nitrogen and oxygen atoms in total. The van der Waals surface area contributed by atoms with E-state index in [4.69, 9.17) is 0 Å². The minimum atomic E-state index is -0.626. The van der Waals surface area contributed by atoms with Crippen LogP contribution in [0, 0.1) is 11.3 Å². The summed E-state index contributed by atoms with van der Waals surface area (Å²) in [6.07, 6.45) is 3.57. The molecule has 0 aromatic rings. The molecule has 2 bridgehead atoms. The second-order valence-electron chi connectivity index (χ2n) is 4.74. The van der Waals surface area contributed by atoms with Crippen LogP contribution < -0.4 is 5.43 Å². The Labute approximate surface area is 87.4 Å².